The van der Waals surface area contributed by atoms with Crippen LogP contribution in [-0.4, -0.2) is 28.0 Å². The summed E-state index contributed by atoms with van der Waals surface area (Å²) in [6, 6.07) is 11.7. The zero-order valence-electron chi connectivity index (χ0n) is 21.4. The number of carbonyl (C=O) groups is 1. The van der Waals surface area contributed by atoms with Crippen LogP contribution in [0.15, 0.2) is 48.5 Å². The third-order valence-corrected chi connectivity index (χ3v) is 6.40. The van der Waals surface area contributed by atoms with Crippen molar-refractivity contribution >= 4 is 16.9 Å². The van der Waals surface area contributed by atoms with Gasteiger partial charge in [0.2, 0.25) is 5.91 Å². The van der Waals surface area contributed by atoms with E-state index in [2.05, 4.69) is 15.0 Å². The molecule has 1 amide bonds. The average molecular weight is 552 g/mol. The molecule has 0 bridgehead atoms. The summed E-state index contributed by atoms with van der Waals surface area (Å²) in [7, 11) is -1.30. The van der Waals surface area contributed by atoms with Crippen LogP contribution in [-0.2, 0) is 35.0 Å². The maximum Gasteiger partial charge on any atom is 0.433 e. The standard InChI is InChI=1S/C27H29F4N3O3S/c1-5-37-23-10-6-16(2)12-21(23)25-20(9-11-24(34-25)27(29,30)31)14-32-26(35)17(3)18-7-8-19(22(28)13-18)15-33-38(4)36/h6-13,17,33H,5,14-15H2,1-4H3,(H,32,35). The van der Waals surface area contributed by atoms with Crippen molar-refractivity contribution in [3.05, 3.63) is 82.3 Å². The summed E-state index contributed by atoms with van der Waals surface area (Å²) in [5.41, 5.74) is 1.27. The number of rotatable bonds is 10. The van der Waals surface area contributed by atoms with Crippen molar-refractivity contribution in [1.82, 2.24) is 15.0 Å². The van der Waals surface area contributed by atoms with Gasteiger partial charge in [0, 0.05) is 30.5 Å². The van der Waals surface area contributed by atoms with Gasteiger partial charge in [0.05, 0.1) is 29.2 Å². The topological polar surface area (TPSA) is 80.3 Å². The highest BCUT2D eigenvalue weighted by atomic mass is 32.2. The molecule has 0 radical (unpaired) electrons. The summed E-state index contributed by atoms with van der Waals surface area (Å²) < 4.78 is 74.4. The van der Waals surface area contributed by atoms with Crippen molar-refractivity contribution in [1.29, 1.82) is 0 Å². The molecule has 0 aliphatic carbocycles. The van der Waals surface area contributed by atoms with E-state index in [1.54, 1.807) is 45.0 Å². The van der Waals surface area contributed by atoms with E-state index in [0.29, 0.717) is 34.6 Å². The minimum absolute atomic E-state index is 0.0520. The van der Waals surface area contributed by atoms with Crippen LogP contribution >= 0.6 is 0 Å². The molecule has 0 aliphatic rings. The fourth-order valence-corrected chi connectivity index (χ4v) is 4.13. The van der Waals surface area contributed by atoms with E-state index in [0.717, 1.165) is 11.6 Å². The van der Waals surface area contributed by atoms with Crippen LogP contribution in [0, 0.1) is 12.7 Å². The molecule has 1 aromatic heterocycles. The molecular weight excluding hydrogens is 522 g/mol. The minimum atomic E-state index is -4.65. The Bertz CT molecular complexity index is 1330. The van der Waals surface area contributed by atoms with Gasteiger partial charge in [-0.15, -0.1) is 0 Å². The third-order valence-electron chi connectivity index (χ3n) is 5.85. The molecule has 6 nitrogen and oxygen atoms in total. The van der Waals surface area contributed by atoms with Crippen LogP contribution in [0.3, 0.4) is 0 Å². The third kappa shape index (κ3) is 7.38. The summed E-state index contributed by atoms with van der Waals surface area (Å²) in [5.74, 6) is -1.35. The predicted octanol–water partition coefficient (Wildman–Crippen LogP) is 5.42. The van der Waals surface area contributed by atoms with Crippen LogP contribution in [0.1, 0.15) is 47.7 Å². The number of nitrogens with zero attached hydrogens (tertiary/aromatic N) is 1. The number of nitrogens with one attached hydrogen (secondary N) is 2. The van der Waals surface area contributed by atoms with E-state index in [-0.39, 0.29) is 18.8 Å². The van der Waals surface area contributed by atoms with Crippen LogP contribution < -0.4 is 14.8 Å². The molecule has 0 saturated carbocycles. The van der Waals surface area contributed by atoms with E-state index >= 15 is 0 Å². The summed E-state index contributed by atoms with van der Waals surface area (Å²) in [4.78, 5) is 16.8. The Balaban J connectivity index is 1.87. The maximum atomic E-state index is 14.5. The molecule has 3 rings (SSSR count). The van der Waals surface area contributed by atoms with Gasteiger partial charge < -0.3 is 10.1 Å². The predicted molar refractivity (Wildman–Crippen MR) is 138 cm³/mol. The average Bonchev–Trinajstić information content (AvgIpc) is 2.86. The highest BCUT2D eigenvalue weighted by molar-refractivity contribution is 7.82. The molecule has 2 N–H and O–H groups in total. The van der Waals surface area contributed by atoms with Crippen molar-refractivity contribution in [3.63, 3.8) is 0 Å². The summed E-state index contributed by atoms with van der Waals surface area (Å²) in [6.45, 7) is 5.45. The number of carbonyl (C=O) groups excluding carboxylic acids is 1. The van der Waals surface area contributed by atoms with E-state index in [9.17, 15) is 26.6 Å². The number of aryl methyl sites for hydroxylation is 1. The fourth-order valence-electron chi connectivity index (χ4n) is 3.77. The molecule has 0 fully saturated rings. The lowest BCUT2D eigenvalue weighted by Crippen LogP contribution is -2.28. The molecule has 38 heavy (non-hydrogen) atoms. The first-order valence-corrected chi connectivity index (χ1v) is 13.4. The normalized spacial score (nSPS) is 13.2. The lowest BCUT2D eigenvalue weighted by Gasteiger charge is -2.18. The summed E-state index contributed by atoms with van der Waals surface area (Å²) in [6.07, 6.45) is -3.22. The van der Waals surface area contributed by atoms with E-state index in [4.69, 9.17) is 4.74 Å². The van der Waals surface area contributed by atoms with Crippen molar-refractivity contribution in [2.45, 2.75) is 46.0 Å². The monoisotopic (exact) mass is 551 g/mol. The van der Waals surface area contributed by atoms with Crippen LogP contribution in [0.25, 0.3) is 11.3 Å². The van der Waals surface area contributed by atoms with Gasteiger partial charge in [0.15, 0.2) is 0 Å². The van der Waals surface area contributed by atoms with Gasteiger partial charge in [0.25, 0.3) is 0 Å². The Morgan fingerprint density at radius 1 is 1.08 bits per heavy atom. The second kappa shape index (κ2) is 12.5. The molecule has 3 aromatic rings. The number of aromatic nitrogens is 1. The number of ether oxygens (including phenoxy) is 1. The second-order valence-corrected chi connectivity index (χ2v) is 9.90. The number of hydrogen-bond donors (Lipinski definition) is 2. The Morgan fingerprint density at radius 2 is 1.79 bits per heavy atom. The van der Waals surface area contributed by atoms with E-state index in [1.807, 2.05) is 0 Å². The first-order chi connectivity index (χ1) is 17.9. The van der Waals surface area contributed by atoms with Gasteiger partial charge in [-0.2, -0.15) is 13.2 Å². The molecule has 2 aromatic carbocycles. The Hall–Kier alpha value is -3.31. The van der Waals surface area contributed by atoms with Crippen LogP contribution in [0.2, 0.25) is 0 Å². The van der Waals surface area contributed by atoms with Crippen molar-refractivity contribution < 1.29 is 31.3 Å². The molecule has 2 unspecified atom stereocenters. The number of pyridine rings is 1. The van der Waals surface area contributed by atoms with Crippen molar-refractivity contribution in [3.8, 4) is 17.0 Å². The largest absolute Gasteiger partial charge is 0.493 e. The zero-order chi connectivity index (χ0) is 28.0. The first-order valence-electron chi connectivity index (χ1n) is 11.8. The van der Waals surface area contributed by atoms with Gasteiger partial charge in [-0.3, -0.25) is 4.79 Å². The SMILES string of the molecule is CCOc1ccc(C)cc1-c1nc(C(F)(F)F)ccc1CNC(=O)C(C)c1ccc(CNS(C)=O)c(F)c1. The van der Waals surface area contributed by atoms with Crippen molar-refractivity contribution in [2.75, 3.05) is 12.9 Å². The van der Waals surface area contributed by atoms with Gasteiger partial charge in [0.1, 0.15) is 17.3 Å². The molecule has 11 heteroatoms. The van der Waals surface area contributed by atoms with Crippen molar-refractivity contribution in [2.24, 2.45) is 0 Å². The zero-order valence-corrected chi connectivity index (χ0v) is 22.2. The molecule has 0 aliphatic heterocycles. The summed E-state index contributed by atoms with van der Waals surface area (Å²) in [5, 5.41) is 2.73. The maximum absolute atomic E-state index is 14.5. The van der Waals surface area contributed by atoms with Gasteiger partial charge in [-0.1, -0.05) is 29.8 Å². The molecule has 1 heterocycles. The number of alkyl halides is 3. The van der Waals surface area contributed by atoms with Gasteiger partial charge >= 0.3 is 6.18 Å². The molecule has 0 spiro atoms. The molecule has 2 atom stereocenters. The van der Waals surface area contributed by atoms with E-state index in [1.165, 1.54) is 24.5 Å². The Morgan fingerprint density at radius 3 is 2.42 bits per heavy atom. The quantitative estimate of drug-likeness (QED) is 0.330. The smallest absolute Gasteiger partial charge is 0.433 e. The molecule has 204 valence electrons. The van der Waals surface area contributed by atoms with Gasteiger partial charge in [-0.25, -0.2) is 18.3 Å². The Labute approximate surface area is 221 Å². The fraction of sp³-hybridized carbons (Fsp3) is 0.333. The highest BCUT2D eigenvalue weighted by Crippen LogP contribution is 2.36. The number of amides is 1. The molecular formula is C27H29F4N3O3S. The number of benzene rings is 2. The van der Waals surface area contributed by atoms with Crippen LogP contribution in [0.5, 0.6) is 5.75 Å². The lowest BCUT2D eigenvalue weighted by molar-refractivity contribution is -0.141. The van der Waals surface area contributed by atoms with Gasteiger partial charge in [-0.05, 0) is 56.2 Å². The minimum Gasteiger partial charge on any atom is -0.493 e. The van der Waals surface area contributed by atoms with E-state index < -0.39 is 40.5 Å². The molecule has 0 saturated heterocycles. The Kier molecular flexibility index (Phi) is 9.61. The number of halogens is 4. The van der Waals surface area contributed by atoms with Crippen LogP contribution in [0.4, 0.5) is 17.6 Å². The first kappa shape index (κ1) is 29.2. The summed E-state index contributed by atoms with van der Waals surface area (Å²) >= 11 is 0. The highest BCUT2D eigenvalue weighted by Gasteiger charge is 2.33. The second-order valence-electron chi connectivity index (χ2n) is 8.70. The lowest BCUT2D eigenvalue weighted by atomic mass is 9.98. The number of hydrogen-bond acceptors (Lipinski definition) is 4.